The second-order valence-electron chi connectivity index (χ2n) is 6.56. The maximum atomic E-state index is 5.86. The van der Waals surface area contributed by atoms with Crippen molar-refractivity contribution in [2.45, 2.75) is 46.2 Å². The quantitative estimate of drug-likeness (QED) is 0.934. The highest BCUT2D eigenvalue weighted by molar-refractivity contribution is 5.29. The van der Waals surface area contributed by atoms with E-state index in [0.29, 0.717) is 6.04 Å². The van der Waals surface area contributed by atoms with Crippen LogP contribution in [0.15, 0.2) is 16.7 Å². The third kappa shape index (κ3) is 2.50. The second kappa shape index (κ2) is 4.74. The SMILES string of the molecule is Cc1cc2c(o1)CC(C)(C)CC2NCc1cnnn1C. The topological polar surface area (TPSA) is 55.9 Å². The Morgan fingerprint density at radius 1 is 1.50 bits per heavy atom. The molecule has 2 aromatic rings. The van der Waals surface area contributed by atoms with Crippen molar-refractivity contribution in [1.29, 1.82) is 0 Å². The Hall–Kier alpha value is -1.62. The lowest BCUT2D eigenvalue weighted by Crippen LogP contribution is -2.32. The van der Waals surface area contributed by atoms with Crippen molar-refractivity contribution in [3.63, 3.8) is 0 Å². The maximum Gasteiger partial charge on any atom is 0.109 e. The van der Waals surface area contributed by atoms with Crippen molar-refractivity contribution >= 4 is 0 Å². The number of aryl methyl sites for hydroxylation is 2. The van der Waals surface area contributed by atoms with Gasteiger partial charge in [-0.3, -0.25) is 4.68 Å². The predicted octanol–water partition coefficient (Wildman–Crippen LogP) is 2.52. The van der Waals surface area contributed by atoms with Crippen LogP contribution in [0, 0.1) is 12.3 Å². The van der Waals surface area contributed by atoms with Crippen molar-refractivity contribution in [2.75, 3.05) is 0 Å². The maximum absolute atomic E-state index is 5.86. The summed E-state index contributed by atoms with van der Waals surface area (Å²) in [5, 5.41) is 11.5. The highest BCUT2D eigenvalue weighted by Crippen LogP contribution is 2.42. The van der Waals surface area contributed by atoms with Crippen LogP contribution < -0.4 is 5.32 Å². The van der Waals surface area contributed by atoms with E-state index in [1.54, 1.807) is 0 Å². The van der Waals surface area contributed by atoms with Gasteiger partial charge in [-0.25, -0.2) is 0 Å². The molecule has 1 aliphatic rings. The zero-order valence-corrected chi connectivity index (χ0v) is 12.6. The molecular weight excluding hydrogens is 252 g/mol. The van der Waals surface area contributed by atoms with E-state index in [-0.39, 0.29) is 5.41 Å². The van der Waals surface area contributed by atoms with E-state index in [0.717, 1.165) is 36.6 Å². The minimum absolute atomic E-state index is 0.264. The number of nitrogens with zero attached hydrogens (tertiary/aromatic N) is 3. The van der Waals surface area contributed by atoms with Gasteiger partial charge >= 0.3 is 0 Å². The smallest absolute Gasteiger partial charge is 0.109 e. The van der Waals surface area contributed by atoms with Crippen LogP contribution in [0.5, 0.6) is 0 Å². The second-order valence-corrected chi connectivity index (χ2v) is 6.56. The molecule has 0 fully saturated rings. The largest absolute Gasteiger partial charge is 0.466 e. The molecule has 0 aliphatic heterocycles. The van der Waals surface area contributed by atoms with Crippen LogP contribution in [0.4, 0.5) is 0 Å². The Bertz CT molecular complexity index is 611. The first-order valence-electron chi connectivity index (χ1n) is 7.11. The molecule has 0 bridgehead atoms. The molecule has 1 N–H and O–H groups in total. The summed E-state index contributed by atoms with van der Waals surface area (Å²) in [5.74, 6) is 2.14. The number of hydrogen-bond acceptors (Lipinski definition) is 4. The molecule has 2 aromatic heterocycles. The van der Waals surface area contributed by atoms with Gasteiger partial charge in [-0.15, -0.1) is 5.10 Å². The number of hydrogen-bond donors (Lipinski definition) is 1. The van der Waals surface area contributed by atoms with Crippen molar-refractivity contribution in [2.24, 2.45) is 12.5 Å². The average Bonchev–Trinajstić information content (AvgIpc) is 2.90. The third-order valence-electron chi connectivity index (χ3n) is 4.07. The number of rotatable bonds is 3. The summed E-state index contributed by atoms with van der Waals surface area (Å²) in [4.78, 5) is 0. The van der Waals surface area contributed by atoms with Crippen molar-refractivity contribution in [3.8, 4) is 0 Å². The first-order valence-corrected chi connectivity index (χ1v) is 7.11. The molecule has 108 valence electrons. The van der Waals surface area contributed by atoms with E-state index in [1.165, 1.54) is 5.56 Å². The lowest BCUT2D eigenvalue weighted by atomic mass is 9.74. The number of nitrogens with one attached hydrogen (secondary N) is 1. The molecule has 1 aliphatic carbocycles. The van der Waals surface area contributed by atoms with Gasteiger partial charge in [-0.1, -0.05) is 19.1 Å². The van der Waals surface area contributed by atoms with Gasteiger partial charge in [0.25, 0.3) is 0 Å². The Balaban J connectivity index is 1.80. The number of furan rings is 1. The standard InChI is InChI=1S/C15H22N4O/c1-10-5-12-13(6-15(2,3)7-14(12)20-10)16-8-11-9-17-18-19(11)4/h5,9,13,16H,6-8H2,1-4H3. The van der Waals surface area contributed by atoms with Crippen molar-refractivity contribution in [3.05, 3.63) is 35.0 Å². The van der Waals surface area contributed by atoms with Gasteiger partial charge in [0.1, 0.15) is 11.5 Å². The molecule has 0 spiro atoms. The normalized spacial score (nSPS) is 20.9. The summed E-state index contributed by atoms with van der Waals surface area (Å²) >= 11 is 0. The van der Waals surface area contributed by atoms with Gasteiger partial charge in [0, 0.05) is 31.6 Å². The molecule has 0 radical (unpaired) electrons. The first kappa shape index (κ1) is 13.4. The van der Waals surface area contributed by atoms with Gasteiger partial charge < -0.3 is 9.73 Å². The zero-order valence-electron chi connectivity index (χ0n) is 12.6. The van der Waals surface area contributed by atoms with Crippen LogP contribution in [0.25, 0.3) is 0 Å². The summed E-state index contributed by atoms with van der Waals surface area (Å²) in [6.07, 6.45) is 3.94. The van der Waals surface area contributed by atoms with Crippen LogP contribution in [0.2, 0.25) is 0 Å². The molecule has 1 unspecified atom stereocenters. The predicted molar refractivity (Wildman–Crippen MR) is 76.1 cm³/mol. The summed E-state index contributed by atoms with van der Waals surface area (Å²) in [7, 11) is 1.92. The summed E-state index contributed by atoms with van der Waals surface area (Å²) in [6.45, 7) is 7.39. The molecule has 2 heterocycles. The molecular formula is C15H22N4O. The summed E-state index contributed by atoms with van der Waals surface area (Å²) < 4.78 is 7.67. The highest BCUT2D eigenvalue weighted by Gasteiger charge is 2.34. The lowest BCUT2D eigenvalue weighted by molar-refractivity contribution is 0.233. The summed E-state index contributed by atoms with van der Waals surface area (Å²) in [5.41, 5.74) is 2.67. The Morgan fingerprint density at radius 3 is 3.00 bits per heavy atom. The molecule has 5 heteroatoms. The average molecular weight is 274 g/mol. The molecule has 3 rings (SSSR count). The minimum Gasteiger partial charge on any atom is -0.466 e. The fraction of sp³-hybridized carbons (Fsp3) is 0.600. The molecule has 0 saturated carbocycles. The monoisotopic (exact) mass is 274 g/mol. The molecule has 20 heavy (non-hydrogen) atoms. The van der Waals surface area contributed by atoms with Crippen molar-refractivity contribution in [1.82, 2.24) is 20.3 Å². The van der Waals surface area contributed by atoms with Gasteiger partial charge in [0.15, 0.2) is 0 Å². The Labute approximate surface area is 119 Å². The first-order chi connectivity index (χ1) is 9.44. The highest BCUT2D eigenvalue weighted by atomic mass is 16.3. The van der Waals surface area contributed by atoms with E-state index >= 15 is 0 Å². The van der Waals surface area contributed by atoms with Crippen LogP contribution in [0.1, 0.15) is 49.1 Å². The van der Waals surface area contributed by atoms with Gasteiger partial charge in [-0.2, -0.15) is 0 Å². The van der Waals surface area contributed by atoms with Crippen LogP contribution in [0.3, 0.4) is 0 Å². The molecule has 0 amide bonds. The van der Waals surface area contributed by atoms with Crippen LogP contribution in [-0.2, 0) is 20.0 Å². The molecule has 0 aromatic carbocycles. The third-order valence-corrected chi connectivity index (χ3v) is 4.07. The number of fused-ring (bicyclic) bond motifs is 1. The van der Waals surface area contributed by atoms with Crippen molar-refractivity contribution < 1.29 is 4.42 Å². The molecule has 1 atom stereocenters. The number of aromatic nitrogens is 3. The Kier molecular flexibility index (Phi) is 3.17. The Morgan fingerprint density at radius 2 is 2.30 bits per heavy atom. The summed E-state index contributed by atoms with van der Waals surface area (Å²) in [6, 6.07) is 2.50. The van der Waals surface area contributed by atoms with Gasteiger partial charge in [0.2, 0.25) is 0 Å². The minimum atomic E-state index is 0.264. The van der Waals surface area contributed by atoms with Gasteiger partial charge in [-0.05, 0) is 24.8 Å². The zero-order chi connectivity index (χ0) is 14.3. The molecule has 0 saturated heterocycles. The van der Waals surface area contributed by atoms with E-state index in [9.17, 15) is 0 Å². The molecule has 5 nitrogen and oxygen atoms in total. The van der Waals surface area contributed by atoms with E-state index < -0.39 is 0 Å². The van der Waals surface area contributed by atoms with E-state index in [2.05, 4.69) is 35.5 Å². The fourth-order valence-electron chi connectivity index (χ4n) is 3.07. The van der Waals surface area contributed by atoms with Crippen LogP contribution in [-0.4, -0.2) is 15.0 Å². The fourth-order valence-corrected chi connectivity index (χ4v) is 3.07. The van der Waals surface area contributed by atoms with Crippen LogP contribution >= 0.6 is 0 Å². The lowest BCUT2D eigenvalue weighted by Gasteiger charge is -2.34. The van der Waals surface area contributed by atoms with E-state index in [1.807, 2.05) is 24.9 Å². The van der Waals surface area contributed by atoms with E-state index in [4.69, 9.17) is 4.42 Å². The van der Waals surface area contributed by atoms with Gasteiger partial charge in [0.05, 0.1) is 11.9 Å².